The molecule has 0 spiro atoms. The number of para-hydroxylation sites is 2. The Balaban J connectivity index is 2.09. The Kier molecular flexibility index (Phi) is 3.21. The van der Waals surface area contributed by atoms with Gasteiger partial charge in [0.25, 0.3) is 0 Å². The van der Waals surface area contributed by atoms with Crippen LogP contribution in [0.4, 0.5) is 0 Å². The van der Waals surface area contributed by atoms with Crippen LogP contribution in [0.3, 0.4) is 0 Å². The van der Waals surface area contributed by atoms with Gasteiger partial charge in [0.05, 0.1) is 12.3 Å². The first-order valence-electron chi connectivity index (χ1n) is 6.72. The third kappa shape index (κ3) is 2.21. The highest BCUT2D eigenvalue weighted by Gasteiger charge is 2.31. The molecule has 1 heterocycles. The highest BCUT2D eigenvalue weighted by molar-refractivity contribution is 5.48. The van der Waals surface area contributed by atoms with Crippen molar-refractivity contribution in [3.63, 3.8) is 0 Å². The lowest BCUT2D eigenvalue weighted by Crippen LogP contribution is -2.07. The van der Waals surface area contributed by atoms with Crippen LogP contribution in [0.15, 0.2) is 24.3 Å². The van der Waals surface area contributed by atoms with Crippen LogP contribution in [-0.4, -0.2) is 21.6 Å². The molecule has 5 nitrogen and oxygen atoms in total. The van der Waals surface area contributed by atoms with E-state index in [1.54, 1.807) is 0 Å². The van der Waals surface area contributed by atoms with Gasteiger partial charge in [0.1, 0.15) is 17.1 Å². The third-order valence-corrected chi connectivity index (χ3v) is 3.33. The molecule has 5 heteroatoms. The standard InChI is InChI=1S/C14H18N4O/c1-2-19-13-6-4-3-5-12(13)18-14(10-7-8-10)11(9-15)16-17-18/h3-6,10H,2,7-9,15H2,1H3. The predicted octanol–water partition coefficient (Wildman–Crippen LogP) is 2.00. The maximum atomic E-state index is 5.76. The summed E-state index contributed by atoms with van der Waals surface area (Å²) in [5, 5.41) is 8.47. The third-order valence-electron chi connectivity index (χ3n) is 3.33. The van der Waals surface area contributed by atoms with Gasteiger partial charge in [0.15, 0.2) is 0 Å². The second-order valence-corrected chi connectivity index (χ2v) is 4.71. The van der Waals surface area contributed by atoms with Crippen molar-refractivity contribution in [3.05, 3.63) is 35.7 Å². The molecule has 1 aromatic heterocycles. The van der Waals surface area contributed by atoms with Crippen LogP contribution in [-0.2, 0) is 6.54 Å². The van der Waals surface area contributed by atoms with Crippen molar-refractivity contribution < 1.29 is 4.74 Å². The van der Waals surface area contributed by atoms with E-state index >= 15 is 0 Å². The molecule has 1 aromatic carbocycles. The molecule has 100 valence electrons. The average Bonchev–Trinajstić information content (AvgIpc) is 3.19. The largest absolute Gasteiger partial charge is 0.492 e. The number of rotatable bonds is 5. The van der Waals surface area contributed by atoms with Crippen molar-refractivity contribution in [2.75, 3.05) is 6.61 Å². The van der Waals surface area contributed by atoms with Gasteiger partial charge in [-0.1, -0.05) is 17.3 Å². The second kappa shape index (κ2) is 5.01. The van der Waals surface area contributed by atoms with Gasteiger partial charge < -0.3 is 10.5 Å². The molecule has 19 heavy (non-hydrogen) atoms. The molecule has 0 bridgehead atoms. The Hall–Kier alpha value is -1.88. The summed E-state index contributed by atoms with van der Waals surface area (Å²) in [5.41, 5.74) is 8.75. The Morgan fingerprint density at radius 2 is 2.16 bits per heavy atom. The lowest BCUT2D eigenvalue weighted by atomic mass is 10.2. The van der Waals surface area contributed by atoms with Crippen LogP contribution < -0.4 is 10.5 Å². The van der Waals surface area contributed by atoms with Gasteiger partial charge in [-0.05, 0) is 31.9 Å². The maximum Gasteiger partial charge on any atom is 0.145 e. The first kappa shape index (κ1) is 12.2. The van der Waals surface area contributed by atoms with E-state index in [9.17, 15) is 0 Å². The molecule has 0 unspecified atom stereocenters. The zero-order valence-electron chi connectivity index (χ0n) is 11.0. The normalized spacial score (nSPS) is 14.6. The summed E-state index contributed by atoms with van der Waals surface area (Å²) in [5.74, 6) is 1.38. The molecule has 0 saturated heterocycles. The van der Waals surface area contributed by atoms with E-state index in [2.05, 4.69) is 10.3 Å². The zero-order valence-corrected chi connectivity index (χ0v) is 11.0. The summed E-state index contributed by atoms with van der Waals surface area (Å²) >= 11 is 0. The fourth-order valence-corrected chi connectivity index (χ4v) is 2.32. The summed E-state index contributed by atoms with van der Waals surface area (Å²) in [6, 6.07) is 7.91. The fourth-order valence-electron chi connectivity index (χ4n) is 2.32. The molecule has 3 rings (SSSR count). The molecule has 0 aliphatic heterocycles. The SMILES string of the molecule is CCOc1ccccc1-n1nnc(CN)c1C1CC1. The van der Waals surface area contributed by atoms with E-state index in [4.69, 9.17) is 10.5 Å². The van der Waals surface area contributed by atoms with Gasteiger partial charge in [0, 0.05) is 12.5 Å². The Morgan fingerprint density at radius 1 is 1.37 bits per heavy atom. The van der Waals surface area contributed by atoms with Gasteiger partial charge in [-0.2, -0.15) is 0 Å². The minimum absolute atomic E-state index is 0.433. The lowest BCUT2D eigenvalue weighted by Gasteiger charge is -2.12. The van der Waals surface area contributed by atoms with Crippen LogP contribution in [0.1, 0.15) is 37.1 Å². The van der Waals surface area contributed by atoms with Gasteiger partial charge in [-0.25, -0.2) is 4.68 Å². The quantitative estimate of drug-likeness (QED) is 0.890. The molecule has 2 N–H and O–H groups in total. The van der Waals surface area contributed by atoms with E-state index in [0.29, 0.717) is 19.1 Å². The highest BCUT2D eigenvalue weighted by atomic mass is 16.5. The van der Waals surface area contributed by atoms with E-state index in [1.807, 2.05) is 35.9 Å². The Labute approximate surface area is 112 Å². The number of hydrogen-bond donors (Lipinski definition) is 1. The van der Waals surface area contributed by atoms with Crippen LogP contribution in [0.2, 0.25) is 0 Å². The number of ether oxygens (including phenoxy) is 1. The molecule has 1 aliphatic carbocycles. The molecule has 1 fully saturated rings. The summed E-state index contributed by atoms with van der Waals surface area (Å²) in [4.78, 5) is 0. The van der Waals surface area contributed by atoms with E-state index in [-0.39, 0.29) is 0 Å². The average molecular weight is 258 g/mol. The molecule has 0 atom stereocenters. The van der Waals surface area contributed by atoms with E-state index < -0.39 is 0 Å². The summed E-state index contributed by atoms with van der Waals surface area (Å²) < 4.78 is 7.56. The van der Waals surface area contributed by atoms with Gasteiger partial charge in [-0.3, -0.25) is 0 Å². The molecule has 2 aromatic rings. The molecule has 1 saturated carbocycles. The molecule has 1 aliphatic rings. The minimum Gasteiger partial charge on any atom is -0.492 e. The van der Waals surface area contributed by atoms with Crippen LogP contribution in [0.25, 0.3) is 5.69 Å². The Bertz CT molecular complexity index is 575. The molecular formula is C14H18N4O. The van der Waals surface area contributed by atoms with Gasteiger partial charge in [-0.15, -0.1) is 5.10 Å². The predicted molar refractivity (Wildman–Crippen MR) is 72.4 cm³/mol. The van der Waals surface area contributed by atoms with E-state index in [1.165, 1.54) is 12.8 Å². The second-order valence-electron chi connectivity index (χ2n) is 4.71. The summed E-state index contributed by atoms with van der Waals surface area (Å²) in [6.45, 7) is 3.04. The lowest BCUT2D eigenvalue weighted by molar-refractivity contribution is 0.338. The number of nitrogens with zero attached hydrogens (tertiary/aromatic N) is 3. The van der Waals surface area contributed by atoms with Crippen LogP contribution in [0.5, 0.6) is 5.75 Å². The van der Waals surface area contributed by atoms with Crippen LogP contribution >= 0.6 is 0 Å². The number of benzene rings is 1. The topological polar surface area (TPSA) is 66.0 Å². The number of nitrogens with two attached hydrogens (primary N) is 1. The first-order chi connectivity index (χ1) is 9.35. The maximum absolute atomic E-state index is 5.76. The van der Waals surface area contributed by atoms with Crippen molar-refractivity contribution in [2.45, 2.75) is 32.2 Å². The monoisotopic (exact) mass is 258 g/mol. The minimum atomic E-state index is 0.433. The van der Waals surface area contributed by atoms with Crippen molar-refractivity contribution in [2.24, 2.45) is 5.73 Å². The van der Waals surface area contributed by atoms with Gasteiger partial charge >= 0.3 is 0 Å². The van der Waals surface area contributed by atoms with E-state index in [0.717, 1.165) is 22.8 Å². The van der Waals surface area contributed by atoms with Crippen molar-refractivity contribution in [3.8, 4) is 11.4 Å². The fraction of sp³-hybridized carbons (Fsp3) is 0.429. The first-order valence-corrected chi connectivity index (χ1v) is 6.72. The zero-order chi connectivity index (χ0) is 13.2. The highest BCUT2D eigenvalue weighted by Crippen LogP contribution is 2.42. The molecular weight excluding hydrogens is 240 g/mol. The smallest absolute Gasteiger partial charge is 0.145 e. The van der Waals surface area contributed by atoms with Gasteiger partial charge in [0.2, 0.25) is 0 Å². The van der Waals surface area contributed by atoms with Crippen molar-refractivity contribution >= 4 is 0 Å². The summed E-state index contributed by atoms with van der Waals surface area (Å²) in [6.07, 6.45) is 2.38. The van der Waals surface area contributed by atoms with Crippen molar-refractivity contribution in [1.82, 2.24) is 15.0 Å². The molecule has 0 amide bonds. The number of aromatic nitrogens is 3. The molecule has 0 radical (unpaired) electrons. The summed E-state index contributed by atoms with van der Waals surface area (Å²) in [7, 11) is 0. The van der Waals surface area contributed by atoms with Crippen molar-refractivity contribution in [1.29, 1.82) is 0 Å². The number of hydrogen-bond acceptors (Lipinski definition) is 4. The van der Waals surface area contributed by atoms with Crippen LogP contribution in [0, 0.1) is 0 Å². The Morgan fingerprint density at radius 3 is 2.84 bits per heavy atom.